The average Bonchev–Trinajstić information content (AvgIpc) is 3.15. The molecule has 9 nitrogen and oxygen atoms in total. The molecule has 4 aliphatic heterocycles. The third kappa shape index (κ3) is 5.48. The molecule has 0 aromatic carbocycles. The van der Waals surface area contributed by atoms with Crippen molar-refractivity contribution in [2.24, 2.45) is 0 Å². The predicted octanol–water partition coefficient (Wildman–Crippen LogP) is 3.86. The Bertz CT molecular complexity index is 1140. The van der Waals surface area contributed by atoms with Gasteiger partial charge in [0.05, 0.1) is 0 Å². The Hall–Kier alpha value is -2.60. The van der Waals surface area contributed by atoms with Crippen LogP contribution in [0.1, 0.15) is 53.3 Å². The van der Waals surface area contributed by atoms with E-state index in [1.807, 2.05) is 37.5 Å². The molecule has 5 rings (SSSR count). The minimum absolute atomic E-state index is 0.00801. The largest absolute Gasteiger partial charge is 0.451 e. The van der Waals surface area contributed by atoms with Crippen LogP contribution in [0.5, 0.6) is 0 Å². The summed E-state index contributed by atoms with van der Waals surface area (Å²) in [6, 6.07) is 1.89. The molecule has 0 saturated carbocycles. The number of carbonyl (C=O) groups excluding carboxylic acids is 1. The summed E-state index contributed by atoms with van der Waals surface area (Å²) in [5.41, 5.74) is 0.800. The Morgan fingerprint density at radius 2 is 1.65 bits per heavy atom. The molecule has 222 valence electrons. The van der Waals surface area contributed by atoms with Gasteiger partial charge in [0.15, 0.2) is 0 Å². The number of likely N-dealkylation sites (N-methyl/N-ethyl adjacent to an activating group) is 1. The molecule has 0 aliphatic carbocycles. The number of hydrogen-bond donors (Lipinski definition) is 0. The summed E-state index contributed by atoms with van der Waals surface area (Å²) in [6.45, 7) is 15.0. The lowest BCUT2D eigenvalue weighted by Crippen LogP contribution is -2.68. The number of piperazine rings is 1. The summed E-state index contributed by atoms with van der Waals surface area (Å²) >= 11 is 0. The van der Waals surface area contributed by atoms with Gasteiger partial charge < -0.3 is 19.4 Å². The van der Waals surface area contributed by atoms with Crippen LogP contribution in [0.4, 0.5) is 29.6 Å². The van der Waals surface area contributed by atoms with E-state index >= 15 is 0 Å². The average molecular weight is 566 g/mol. The van der Waals surface area contributed by atoms with Crippen LogP contribution in [0, 0.1) is 0 Å². The zero-order valence-corrected chi connectivity index (χ0v) is 24.5. The van der Waals surface area contributed by atoms with E-state index in [0.29, 0.717) is 57.4 Å². The first-order valence-electron chi connectivity index (χ1n) is 14.3. The number of rotatable bonds is 3. The van der Waals surface area contributed by atoms with Crippen molar-refractivity contribution in [2.75, 3.05) is 69.2 Å². The third-order valence-electron chi connectivity index (χ3n) is 9.16. The maximum absolute atomic E-state index is 13.9. The molecular weight excluding hydrogens is 523 g/mol. The number of piperidine rings is 1. The van der Waals surface area contributed by atoms with Crippen molar-refractivity contribution in [2.45, 2.75) is 76.9 Å². The molecule has 1 aromatic rings. The summed E-state index contributed by atoms with van der Waals surface area (Å²) in [7, 11) is 2.12. The highest BCUT2D eigenvalue weighted by atomic mass is 19.4. The van der Waals surface area contributed by atoms with Gasteiger partial charge >= 0.3 is 12.3 Å². The Balaban J connectivity index is 1.25. The lowest BCUT2D eigenvalue weighted by atomic mass is 9.82. The molecular formula is C28H42F3N7O2. The van der Waals surface area contributed by atoms with E-state index in [4.69, 9.17) is 4.74 Å². The van der Waals surface area contributed by atoms with Gasteiger partial charge in [-0.05, 0) is 54.5 Å². The quantitative estimate of drug-likeness (QED) is 0.512. The van der Waals surface area contributed by atoms with E-state index in [2.05, 4.69) is 39.8 Å². The monoisotopic (exact) mass is 565 g/mol. The van der Waals surface area contributed by atoms with E-state index in [1.54, 1.807) is 11.0 Å². The number of hydrogen-bond acceptors (Lipinski definition) is 8. The first-order chi connectivity index (χ1) is 18.7. The third-order valence-corrected chi connectivity index (χ3v) is 9.16. The second-order valence-electron chi connectivity index (χ2n) is 12.7. The normalized spacial score (nSPS) is 26.2. The van der Waals surface area contributed by atoms with Crippen LogP contribution in [0.3, 0.4) is 0 Å². The fourth-order valence-corrected chi connectivity index (χ4v) is 6.55. The Labute approximate surface area is 234 Å². The molecule has 12 heteroatoms. The molecule has 0 N–H and O–H groups in total. The second-order valence-corrected chi connectivity index (χ2v) is 12.7. The highest BCUT2D eigenvalue weighted by Crippen LogP contribution is 2.40. The van der Waals surface area contributed by atoms with Crippen molar-refractivity contribution in [3.8, 4) is 0 Å². The number of halogens is 3. The van der Waals surface area contributed by atoms with E-state index < -0.39 is 17.6 Å². The second kappa shape index (κ2) is 10.3. The van der Waals surface area contributed by atoms with Crippen molar-refractivity contribution >= 4 is 17.7 Å². The number of carbonyl (C=O) groups is 1. The van der Waals surface area contributed by atoms with E-state index in [0.717, 1.165) is 19.4 Å². The minimum Gasteiger partial charge on any atom is -0.444 e. The van der Waals surface area contributed by atoms with Crippen LogP contribution in [0.15, 0.2) is 17.7 Å². The Morgan fingerprint density at radius 1 is 1.02 bits per heavy atom. The van der Waals surface area contributed by atoms with Crippen LogP contribution >= 0.6 is 0 Å². The van der Waals surface area contributed by atoms with E-state index in [-0.39, 0.29) is 23.7 Å². The molecule has 0 unspecified atom stereocenters. The van der Waals surface area contributed by atoms with Crippen molar-refractivity contribution in [1.82, 2.24) is 24.7 Å². The smallest absolute Gasteiger partial charge is 0.444 e. The molecule has 2 atom stereocenters. The maximum atomic E-state index is 13.9. The molecule has 40 heavy (non-hydrogen) atoms. The highest BCUT2D eigenvalue weighted by Gasteiger charge is 2.45. The van der Waals surface area contributed by atoms with Gasteiger partial charge in [-0.3, -0.25) is 9.80 Å². The first kappa shape index (κ1) is 28.9. The van der Waals surface area contributed by atoms with Crippen molar-refractivity contribution in [3.05, 3.63) is 23.5 Å². The molecule has 1 aromatic heterocycles. The number of ether oxygens (including phenoxy) is 1. The molecule has 4 aliphatic rings. The summed E-state index contributed by atoms with van der Waals surface area (Å²) in [5.74, 6) is -0.421. The standard InChI is InChI=1S/C28H42F3N7O2/c1-19-7-10-34(6)27(19)8-11-36(12-9-27)22-17-23(33-24(32-22)28(29,30)31)38-18-21(20(38)2)35-13-15-37(16-14-35)25(39)40-26(3,4)5/h7,17,20-21H,8-16,18H2,1-6H3/t20-,21-/m1/s1. The summed E-state index contributed by atoms with van der Waals surface area (Å²) in [6.07, 6.45) is -0.982. The van der Waals surface area contributed by atoms with E-state index in [9.17, 15) is 18.0 Å². The van der Waals surface area contributed by atoms with Gasteiger partial charge in [-0.1, -0.05) is 11.6 Å². The molecule has 1 amide bonds. The first-order valence-corrected chi connectivity index (χ1v) is 14.3. The zero-order valence-electron chi connectivity index (χ0n) is 24.5. The fraction of sp³-hybridized carbons (Fsp3) is 0.750. The van der Waals surface area contributed by atoms with Gasteiger partial charge in [0, 0.05) is 76.0 Å². The highest BCUT2D eigenvalue weighted by molar-refractivity contribution is 5.68. The Kier molecular flexibility index (Phi) is 7.48. The lowest BCUT2D eigenvalue weighted by molar-refractivity contribution is -0.144. The zero-order chi connectivity index (χ0) is 29.0. The van der Waals surface area contributed by atoms with Gasteiger partial charge in [0.25, 0.3) is 0 Å². The van der Waals surface area contributed by atoms with Crippen molar-refractivity contribution in [1.29, 1.82) is 0 Å². The maximum Gasteiger partial charge on any atom is 0.451 e. The van der Waals surface area contributed by atoms with Crippen LogP contribution in [0.25, 0.3) is 0 Å². The number of amides is 1. The van der Waals surface area contributed by atoms with Crippen LogP contribution in [-0.4, -0.2) is 113 Å². The van der Waals surface area contributed by atoms with Crippen LogP contribution in [0.2, 0.25) is 0 Å². The SMILES string of the molecule is CC1=CCN(C)C12CCN(c1cc(N3C[C@@H](N4CCN(C(=O)OC(C)(C)C)CC4)[C@H]3C)nc(C(F)(F)F)n1)CC2. The predicted molar refractivity (Wildman–Crippen MR) is 148 cm³/mol. The fourth-order valence-electron chi connectivity index (χ4n) is 6.55. The molecule has 5 heterocycles. The van der Waals surface area contributed by atoms with Gasteiger partial charge in [0.2, 0.25) is 5.82 Å². The molecule has 1 spiro atoms. The number of aromatic nitrogens is 2. The number of alkyl halides is 3. The van der Waals surface area contributed by atoms with Gasteiger partial charge in [-0.15, -0.1) is 0 Å². The Morgan fingerprint density at radius 3 is 2.17 bits per heavy atom. The number of nitrogens with zero attached hydrogens (tertiary/aromatic N) is 7. The van der Waals surface area contributed by atoms with E-state index in [1.165, 1.54) is 5.57 Å². The topological polar surface area (TPSA) is 68.3 Å². The van der Waals surface area contributed by atoms with Gasteiger partial charge in [0.1, 0.15) is 17.2 Å². The lowest BCUT2D eigenvalue weighted by Gasteiger charge is -2.53. The molecule has 3 fully saturated rings. The van der Waals surface area contributed by atoms with Gasteiger partial charge in [-0.2, -0.15) is 13.2 Å². The molecule has 3 saturated heterocycles. The number of anilines is 2. The summed E-state index contributed by atoms with van der Waals surface area (Å²) in [5, 5.41) is 0. The van der Waals surface area contributed by atoms with Crippen molar-refractivity contribution < 1.29 is 22.7 Å². The van der Waals surface area contributed by atoms with Crippen molar-refractivity contribution in [3.63, 3.8) is 0 Å². The summed E-state index contributed by atoms with van der Waals surface area (Å²) < 4.78 is 47.2. The van der Waals surface area contributed by atoms with Gasteiger partial charge in [-0.25, -0.2) is 14.8 Å². The summed E-state index contributed by atoms with van der Waals surface area (Å²) in [4.78, 5) is 30.7. The molecule has 0 bridgehead atoms. The van der Waals surface area contributed by atoms with Crippen LogP contribution in [-0.2, 0) is 10.9 Å². The van der Waals surface area contributed by atoms with Crippen LogP contribution < -0.4 is 9.80 Å². The molecule has 0 radical (unpaired) electrons. The minimum atomic E-state index is -4.63.